The molecule has 1 aliphatic heterocycles. The first-order chi connectivity index (χ1) is 12.4. The molecule has 26 heavy (non-hydrogen) atoms. The van der Waals surface area contributed by atoms with Gasteiger partial charge < -0.3 is 10.0 Å². The summed E-state index contributed by atoms with van der Waals surface area (Å²) in [6, 6.07) is 5.70. The number of rotatable bonds is 5. The molecule has 3 rings (SSSR count). The average molecular weight is 381 g/mol. The molecule has 9 heteroatoms. The number of aromatic nitrogens is 2. The Morgan fingerprint density at radius 2 is 1.92 bits per heavy atom. The highest BCUT2D eigenvalue weighted by Crippen LogP contribution is 2.19. The Labute approximate surface area is 154 Å². The number of hydrogen-bond donors (Lipinski definition) is 1. The smallest absolute Gasteiger partial charge is 0.354 e. The van der Waals surface area contributed by atoms with Crippen molar-refractivity contribution in [2.24, 2.45) is 0 Å². The zero-order valence-electron chi connectivity index (χ0n) is 13.9. The van der Waals surface area contributed by atoms with Gasteiger partial charge in [0.25, 0.3) is 0 Å². The van der Waals surface area contributed by atoms with E-state index in [0.717, 1.165) is 5.56 Å². The summed E-state index contributed by atoms with van der Waals surface area (Å²) in [6.07, 6.45) is 1.36. The lowest BCUT2D eigenvalue weighted by Gasteiger charge is -2.35. The number of carbonyl (C=O) groups excluding carboxylic acids is 1. The number of amides is 1. The number of nitrogens with zero attached hydrogens (tertiary/aromatic N) is 4. The van der Waals surface area contributed by atoms with Crippen LogP contribution in [0, 0.1) is 5.82 Å². The molecule has 2 aromatic rings. The van der Waals surface area contributed by atoms with E-state index in [1.54, 1.807) is 11.0 Å². The highest BCUT2D eigenvalue weighted by molar-refractivity contribution is 6.31. The summed E-state index contributed by atoms with van der Waals surface area (Å²) < 4.78 is 14.3. The molecule has 2 heterocycles. The second-order valence-electron chi connectivity index (χ2n) is 6.07. The van der Waals surface area contributed by atoms with E-state index in [2.05, 4.69) is 10.00 Å². The van der Waals surface area contributed by atoms with E-state index in [1.165, 1.54) is 29.1 Å². The van der Waals surface area contributed by atoms with Gasteiger partial charge >= 0.3 is 5.97 Å². The predicted octanol–water partition coefficient (Wildman–Crippen LogP) is 1.72. The molecular weight excluding hydrogens is 363 g/mol. The lowest BCUT2D eigenvalue weighted by atomic mass is 10.2. The predicted molar refractivity (Wildman–Crippen MR) is 92.5 cm³/mol. The summed E-state index contributed by atoms with van der Waals surface area (Å²) >= 11 is 6.06. The first kappa shape index (κ1) is 18.3. The van der Waals surface area contributed by atoms with Gasteiger partial charge in [0.15, 0.2) is 0 Å². The van der Waals surface area contributed by atoms with Crippen LogP contribution in [0.4, 0.5) is 4.39 Å². The van der Waals surface area contributed by atoms with Crippen LogP contribution in [-0.4, -0.2) is 62.7 Å². The number of carboxylic acids is 1. The van der Waals surface area contributed by atoms with Crippen molar-refractivity contribution >= 4 is 23.5 Å². The topological polar surface area (TPSA) is 78.7 Å². The average Bonchev–Trinajstić information content (AvgIpc) is 3.06. The Hall–Kier alpha value is -2.45. The van der Waals surface area contributed by atoms with Gasteiger partial charge in [0.2, 0.25) is 5.91 Å². The van der Waals surface area contributed by atoms with E-state index in [4.69, 9.17) is 16.7 Å². The van der Waals surface area contributed by atoms with Crippen LogP contribution in [0.1, 0.15) is 16.1 Å². The van der Waals surface area contributed by atoms with Gasteiger partial charge in [-0.1, -0.05) is 17.7 Å². The normalized spacial score (nSPS) is 15.2. The highest BCUT2D eigenvalue weighted by atomic mass is 35.5. The summed E-state index contributed by atoms with van der Waals surface area (Å²) in [7, 11) is 0. The minimum absolute atomic E-state index is 0.0112. The van der Waals surface area contributed by atoms with Gasteiger partial charge in [0, 0.05) is 43.9 Å². The Bertz CT molecular complexity index is 818. The molecule has 1 N–H and O–H groups in total. The van der Waals surface area contributed by atoms with Crippen LogP contribution < -0.4 is 0 Å². The molecule has 0 bridgehead atoms. The third-order valence-electron chi connectivity index (χ3n) is 4.35. The van der Waals surface area contributed by atoms with Crippen LogP contribution in [0.2, 0.25) is 5.02 Å². The zero-order chi connectivity index (χ0) is 18.7. The third-order valence-corrected chi connectivity index (χ3v) is 4.71. The van der Waals surface area contributed by atoms with Crippen molar-refractivity contribution in [1.82, 2.24) is 19.6 Å². The number of halogens is 2. The molecule has 0 atom stereocenters. The van der Waals surface area contributed by atoms with E-state index in [-0.39, 0.29) is 24.0 Å². The summed E-state index contributed by atoms with van der Waals surface area (Å²) in [4.78, 5) is 27.3. The fourth-order valence-electron chi connectivity index (χ4n) is 2.91. The monoisotopic (exact) mass is 380 g/mol. The quantitative estimate of drug-likeness (QED) is 0.854. The van der Waals surface area contributed by atoms with Crippen molar-refractivity contribution < 1.29 is 19.1 Å². The second kappa shape index (κ2) is 7.84. The number of benzene rings is 1. The van der Waals surface area contributed by atoms with Crippen LogP contribution in [0.15, 0.2) is 30.5 Å². The van der Waals surface area contributed by atoms with E-state index in [1.807, 2.05) is 0 Å². The van der Waals surface area contributed by atoms with Crippen molar-refractivity contribution in [1.29, 1.82) is 0 Å². The minimum atomic E-state index is -1.11. The van der Waals surface area contributed by atoms with Crippen LogP contribution in [0.25, 0.3) is 0 Å². The summed E-state index contributed by atoms with van der Waals surface area (Å²) in [5.41, 5.74) is 0.832. The number of hydrogen-bond acceptors (Lipinski definition) is 4. The standard InChI is InChI=1S/C17H18ClFN4O3/c18-14-9-13(19)2-1-12(14)10-21-5-7-22(8-6-21)16(24)11-23-15(17(25)26)3-4-20-23/h1-4,9H,5-8,10-11H2,(H,25,26). The number of carbonyl (C=O) groups is 2. The summed E-state index contributed by atoms with van der Waals surface area (Å²) in [5, 5.41) is 13.4. The fraction of sp³-hybridized carbons (Fsp3) is 0.353. The maximum Gasteiger partial charge on any atom is 0.354 e. The van der Waals surface area contributed by atoms with E-state index < -0.39 is 5.97 Å². The number of carboxylic acid groups (broad SMARTS) is 1. The lowest BCUT2D eigenvalue weighted by Crippen LogP contribution is -2.49. The largest absolute Gasteiger partial charge is 0.477 e. The van der Waals surface area contributed by atoms with Gasteiger partial charge in [-0.2, -0.15) is 5.10 Å². The fourth-order valence-corrected chi connectivity index (χ4v) is 3.14. The summed E-state index contributed by atoms with van der Waals surface area (Å²) in [5.74, 6) is -1.65. The van der Waals surface area contributed by atoms with Crippen molar-refractivity contribution in [2.75, 3.05) is 26.2 Å². The second-order valence-corrected chi connectivity index (χ2v) is 6.48. The van der Waals surface area contributed by atoms with Gasteiger partial charge in [-0.3, -0.25) is 9.69 Å². The molecular formula is C17H18ClFN4O3. The molecule has 0 spiro atoms. The van der Waals surface area contributed by atoms with Crippen LogP contribution in [0.3, 0.4) is 0 Å². The highest BCUT2D eigenvalue weighted by Gasteiger charge is 2.23. The van der Waals surface area contributed by atoms with E-state index in [0.29, 0.717) is 37.7 Å². The molecule has 1 amide bonds. The lowest BCUT2D eigenvalue weighted by molar-refractivity contribution is -0.133. The molecule has 0 saturated carbocycles. The maximum atomic E-state index is 13.1. The van der Waals surface area contributed by atoms with Crippen LogP contribution >= 0.6 is 11.6 Å². The van der Waals surface area contributed by atoms with Crippen LogP contribution in [0.5, 0.6) is 0 Å². The van der Waals surface area contributed by atoms with Gasteiger partial charge in [0.1, 0.15) is 18.1 Å². The Morgan fingerprint density at radius 1 is 1.19 bits per heavy atom. The molecule has 1 aromatic heterocycles. The molecule has 1 fully saturated rings. The first-order valence-electron chi connectivity index (χ1n) is 8.13. The molecule has 7 nitrogen and oxygen atoms in total. The minimum Gasteiger partial charge on any atom is -0.477 e. The van der Waals surface area contributed by atoms with Gasteiger partial charge in [-0.25, -0.2) is 13.9 Å². The van der Waals surface area contributed by atoms with Gasteiger partial charge in [-0.15, -0.1) is 0 Å². The van der Waals surface area contributed by atoms with Gasteiger partial charge in [-0.05, 0) is 23.8 Å². The number of aromatic carboxylic acids is 1. The van der Waals surface area contributed by atoms with E-state index in [9.17, 15) is 14.0 Å². The SMILES string of the molecule is O=C(O)c1ccnn1CC(=O)N1CCN(Cc2ccc(F)cc2Cl)CC1. The Morgan fingerprint density at radius 3 is 2.58 bits per heavy atom. The van der Waals surface area contributed by atoms with Crippen molar-refractivity contribution in [3.63, 3.8) is 0 Å². The Kier molecular flexibility index (Phi) is 5.53. The molecule has 0 unspecified atom stereocenters. The van der Waals surface area contributed by atoms with Crippen LogP contribution in [-0.2, 0) is 17.9 Å². The van der Waals surface area contributed by atoms with Crippen molar-refractivity contribution in [3.05, 3.63) is 52.6 Å². The molecule has 138 valence electrons. The van der Waals surface area contributed by atoms with Gasteiger partial charge in [0.05, 0.1) is 0 Å². The molecule has 1 saturated heterocycles. The third kappa shape index (κ3) is 4.20. The number of piperazine rings is 1. The molecule has 1 aromatic carbocycles. The molecule has 0 radical (unpaired) electrons. The van der Waals surface area contributed by atoms with Crippen molar-refractivity contribution in [2.45, 2.75) is 13.1 Å². The zero-order valence-corrected chi connectivity index (χ0v) is 14.7. The van der Waals surface area contributed by atoms with Crippen molar-refractivity contribution in [3.8, 4) is 0 Å². The summed E-state index contributed by atoms with van der Waals surface area (Å²) in [6.45, 7) is 2.86. The molecule has 1 aliphatic rings. The first-order valence-corrected chi connectivity index (χ1v) is 8.51. The Balaban J connectivity index is 1.54. The maximum absolute atomic E-state index is 13.1. The molecule has 0 aliphatic carbocycles. The van der Waals surface area contributed by atoms with E-state index >= 15 is 0 Å².